The average Bonchev–Trinajstić information content (AvgIpc) is 2.39. The van der Waals surface area contributed by atoms with Crippen LogP contribution in [0.15, 0.2) is 18.3 Å². The first kappa shape index (κ1) is 12.0. The van der Waals surface area contributed by atoms with E-state index in [-0.39, 0.29) is 5.91 Å². The highest BCUT2D eigenvalue weighted by Crippen LogP contribution is 2.08. The van der Waals surface area contributed by atoms with Crippen LogP contribution in [0.3, 0.4) is 0 Å². The maximum absolute atomic E-state index is 12.1. The first-order valence-corrected chi connectivity index (χ1v) is 5.99. The molecule has 0 aliphatic carbocycles. The molecule has 0 radical (unpaired) electrons. The molecule has 0 atom stereocenters. The van der Waals surface area contributed by atoms with Crippen molar-refractivity contribution in [3.63, 3.8) is 0 Å². The van der Waals surface area contributed by atoms with Crippen LogP contribution in [0.5, 0.6) is 0 Å². The summed E-state index contributed by atoms with van der Waals surface area (Å²) in [5.41, 5.74) is 0.436. The van der Waals surface area contributed by atoms with Crippen LogP contribution < -0.4 is 0 Å². The molecule has 0 aromatic carbocycles. The molecule has 0 unspecified atom stereocenters. The molecule has 1 amide bonds. The zero-order valence-electron chi connectivity index (χ0n) is 10.3. The van der Waals surface area contributed by atoms with Gasteiger partial charge in [-0.1, -0.05) is 0 Å². The van der Waals surface area contributed by atoms with Gasteiger partial charge in [0.25, 0.3) is 5.91 Å². The Balaban J connectivity index is 1.95. The van der Waals surface area contributed by atoms with Gasteiger partial charge in [-0.15, -0.1) is 5.10 Å². The standard InChI is InChI=1S/C12H18N4O/c1-10(2)15-6-8-16(9-7-15)12(17)11-4-3-5-13-14-11/h3-5,10H,6-9H2,1-2H3. The summed E-state index contributed by atoms with van der Waals surface area (Å²) in [6, 6.07) is 4.00. The van der Waals surface area contributed by atoms with Gasteiger partial charge in [0.1, 0.15) is 0 Å². The molecule has 1 saturated heterocycles. The second-order valence-corrected chi connectivity index (χ2v) is 4.53. The number of rotatable bonds is 2. The van der Waals surface area contributed by atoms with Gasteiger partial charge in [0.05, 0.1) is 0 Å². The SMILES string of the molecule is CC(C)N1CCN(C(=O)c2cccnn2)CC1. The summed E-state index contributed by atoms with van der Waals surface area (Å²) in [5, 5.41) is 7.59. The van der Waals surface area contributed by atoms with E-state index in [0.717, 1.165) is 26.2 Å². The molecule has 0 N–H and O–H groups in total. The third kappa shape index (κ3) is 2.79. The average molecular weight is 234 g/mol. The molecule has 92 valence electrons. The minimum Gasteiger partial charge on any atom is -0.335 e. The van der Waals surface area contributed by atoms with Crippen molar-refractivity contribution in [2.45, 2.75) is 19.9 Å². The lowest BCUT2D eigenvalue weighted by Crippen LogP contribution is -2.50. The fourth-order valence-electron chi connectivity index (χ4n) is 2.02. The molecule has 1 aliphatic heterocycles. The second-order valence-electron chi connectivity index (χ2n) is 4.53. The fourth-order valence-corrected chi connectivity index (χ4v) is 2.02. The van der Waals surface area contributed by atoms with Gasteiger partial charge < -0.3 is 4.90 Å². The normalized spacial score (nSPS) is 17.5. The van der Waals surface area contributed by atoms with Crippen molar-refractivity contribution in [1.82, 2.24) is 20.0 Å². The van der Waals surface area contributed by atoms with Crippen molar-refractivity contribution in [3.8, 4) is 0 Å². The molecular formula is C12H18N4O. The Morgan fingerprint density at radius 3 is 2.53 bits per heavy atom. The van der Waals surface area contributed by atoms with Crippen LogP contribution in [0.1, 0.15) is 24.3 Å². The van der Waals surface area contributed by atoms with Crippen molar-refractivity contribution in [1.29, 1.82) is 0 Å². The lowest BCUT2D eigenvalue weighted by molar-refractivity contribution is 0.0589. The van der Waals surface area contributed by atoms with Crippen molar-refractivity contribution in [2.24, 2.45) is 0 Å². The van der Waals surface area contributed by atoms with E-state index in [4.69, 9.17) is 0 Å². The molecule has 0 saturated carbocycles. The highest BCUT2D eigenvalue weighted by molar-refractivity contribution is 5.92. The number of hydrogen-bond donors (Lipinski definition) is 0. The molecule has 1 aromatic heterocycles. The van der Waals surface area contributed by atoms with Gasteiger partial charge in [-0.2, -0.15) is 5.10 Å². The number of piperazine rings is 1. The van der Waals surface area contributed by atoms with Crippen LogP contribution in [0.25, 0.3) is 0 Å². The molecule has 1 aliphatic rings. The summed E-state index contributed by atoms with van der Waals surface area (Å²) in [7, 11) is 0. The fraction of sp³-hybridized carbons (Fsp3) is 0.583. The van der Waals surface area contributed by atoms with Crippen LogP contribution in [0.4, 0.5) is 0 Å². The van der Waals surface area contributed by atoms with Gasteiger partial charge >= 0.3 is 0 Å². The van der Waals surface area contributed by atoms with Gasteiger partial charge in [0.2, 0.25) is 0 Å². The highest BCUT2D eigenvalue weighted by atomic mass is 16.2. The maximum atomic E-state index is 12.1. The Hall–Kier alpha value is -1.49. The predicted octanol–water partition coefficient (Wildman–Crippen LogP) is 0.643. The molecule has 5 heteroatoms. The Morgan fingerprint density at radius 2 is 2.00 bits per heavy atom. The van der Waals surface area contributed by atoms with E-state index in [2.05, 4.69) is 28.9 Å². The number of carbonyl (C=O) groups is 1. The van der Waals surface area contributed by atoms with Crippen LogP contribution >= 0.6 is 0 Å². The molecule has 0 bridgehead atoms. The maximum Gasteiger partial charge on any atom is 0.274 e. The topological polar surface area (TPSA) is 49.3 Å². The second kappa shape index (κ2) is 5.23. The monoisotopic (exact) mass is 234 g/mol. The first-order chi connectivity index (χ1) is 8.18. The zero-order chi connectivity index (χ0) is 12.3. The van der Waals surface area contributed by atoms with Gasteiger partial charge in [0, 0.05) is 38.4 Å². The third-order valence-corrected chi connectivity index (χ3v) is 3.12. The number of nitrogens with zero attached hydrogens (tertiary/aromatic N) is 4. The Morgan fingerprint density at radius 1 is 1.29 bits per heavy atom. The summed E-state index contributed by atoms with van der Waals surface area (Å²) < 4.78 is 0. The quantitative estimate of drug-likeness (QED) is 0.753. The zero-order valence-corrected chi connectivity index (χ0v) is 10.3. The smallest absolute Gasteiger partial charge is 0.274 e. The van der Waals surface area contributed by atoms with E-state index in [9.17, 15) is 4.79 Å². The van der Waals surface area contributed by atoms with E-state index in [0.29, 0.717) is 11.7 Å². The van der Waals surface area contributed by atoms with E-state index in [1.165, 1.54) is 0 Å². The lowest BCUT2D eigenvalue weighted by atomic mass is 10.2. The van der Waals surface area contributed by atoms with E-state index >= 15 is 0 Å². The Kier molecular flexibility index (Phi) is 3.68. The Labute approximate surface area is 101 Å². The number of aromatic nitrogens is 2. The molecule has 2 heterocycles. The van der Waals surface area contributed by atoms with Gasteiger partial charge in [0.15, 0.2) is 5.69 Å². The summed E-state index contributed by atoms with van der Waals surface area (Å²) in [6.07, 6.45) is 1.58. The summed E-state index contributed by atoms with van der Waals surface area (Å²) in [5.74, 6) is -0.0125. The number of hydrogen-bond acceptors (Lipinski definition) is 4. The van der Waals surface area contributed by atoms with Crippen molar-refractivity contribution < 1.29 is 4.79 Å². The molecule has 1 fully saturated rings. The Bertz CT molecular complexity index is 371. The molecule has 1 aromatic rings. The minimum atomic E-state index is -0.0125. The van der Waals surface area contributed by atoms with E-state index < -0.39 is 0 Å². The van der Waals surface area contributed by atoms with Gasteiger partial charge in [-0.3, -0.25) is 9.69 Å². The molecule has 0 spiro atoms. The van der Waals surface area contributed by atoms with E-state index in [1.807, 2.05) is 4.90 Å². The van der Waals surface area contributed by atoms with Crippen LogP contribution in [-0.2, 0) is 0 Å². The lowest BCUT2D eigenvalue weighted by Gasteiger charge is -2.36. The van der Waals surface area contributed by atoms with E-state index in [1.54, 1.807) is 18.3 Å². The van der Waals surface area contributed by atoms with Gasteiger partial charge in [-0.05, 0) is 26.0 Å². The third-order valence-electron chi connectivity index (χ3n) is 3.12. The molecule has 2 rings (SSSR count). The first-order valence-electron chi connectivity index (χ1n) is 5.99. The molecule has 5 nitrogen and oxygen atoms in total. The van der Waals surface area contributed by atoms with Crippen molar-refractivity contribution in [2.75, 3.05) is 26.2 Å². The summed E-state index contributed by atoms with van der Waals surface area (Å²) in [6.45, 7) is 7.77. The van der Waals surface area contributed by atoms with Gasteiger partial charge in [-0.25, -0.2) is 0 Å². The molecule has 17 heavy (non-hydrogen) atoms. The number of amides is 1. The predicted molar refractivity (Wildman–Crippen MR) is 64.6 cm³/mol. The van der Waals surface area contributed by atoms with Crippen LogP contribution in [0, 0.1) is 0 Å². The largest absolute Gasteiger partial charge is 0.335 e. The summed E-state index contributed by atoms with van der Waals surface area (Å²) >= 11 is 0. The number of carbonyl (C=O) groups excluding carboxylic acids is 1. The summed E-state index contributed by atoms with van der Waals surface area (Å²) in [4.78, 5) is 16.3. The van der Waals surface area contributed by atoms with Crippen LogP contribution in [-0.4, -0.2) is 58.1 Å². The minimum absolute atomic E-state index is 0.0125. The molecular weight excluding hydrogens is 216 g/mol. The van der Waals surface area contributed by atoms with Crippen LogP contribution in [0.2, 0.25) is 0 Å². The van der Waals surface area contributed by atoms with Crippen molar-refractivity contribution in [3.05, 3.63) is 24.0 Å². The van der Waals surface area contributed by atoms with Crippen molar-refractivity contribution >= 4 is 5.91 Å². The highest BCUT2D eigenvalue weighted by Gasteiger charge is 2.23.